The molecule has 0 spiro atoms. The number of esters is 2. The molecule has 3 aromatic carbocycles. The molecule has 50 heavy (non-hydrogen) atoms. The zero-order valence-corrected chi connectivity index (χ0v) is 30.4. The summed E-state index contributed by atoms with van der Waals surface area (Å²) >= 11 is 12.7. The molecule has 0 radical (unpaired) electrons. The number of piperidine rings is 3. The van der Waals surface area contributed by atoms with Crippen LogP contribution < -0.4 is 19.5 Å². The van der Waals surface area contributed by atoms with Gasteiger partial charge < -0.3 is 23.7 Å². The van der Waals surface area contributed by atoms with E-state index in [4.69, 9.17) is 46.9 Å². The number of nitrogens with one attached hydrogen (secondary N) is 1. The SMILES string of the molecule is C=C(Cl)/C(C[C@H](OC(=O)c1cccc(CNC(C(=O)O[C@H]2CN3CCC2CC3)c2ccccc2OC)c1)c1ccc(OC)c(OC)c1)=C(\C)Cl. The van der Waals surface area contributed by atoms with E-state index in [1.54, 1.807) is 57.5 Å². The highest BCUT2D eigenvalue weighted by Crippen LogP contribution is 2.37. The molecule has 11 heteroatoms. The fourth-order valence-electron chi connectivity index (χ4n) is 6.62. The van der Waals surface area contributed by atoms with E-state index in [9.17, 15) is 9.59 Å². The van der Waals surface area contributed by atoms with Crippen LogP contribution in [0.5, 0.6) is 17.2 Å². The van der Waals surface area contributed by atoms with Gasteiger partial charge in [-0.25, -0.2) is 9.59 Å². The minimum atomic E-state index is -0.792. The number of allylic oxidation sites excluding steroid dienone is 2. The van der Waals surface area contributed by atoms with Crippen LogP contribution in [0, 0.1) is 5.92 Å². The van der Waals surface area contributed by atoms with Gasteiger partial charge in [-0.15, -0.1) is 0 Å². The van der Waals surface area contributed by atoms with Crippen molar-refractivity contribution in [1.82, 2.24) is 10.2 Å². The lowest BCUT2D eigenvalue weighted by atomic mass is 9.86. The highest BCUT2D eigenvalue weighted by atomic mass is 35.5. The molecule has 0 aromatic heterocycles. The van der Waals surface area contributed by atoms with Gasteiger partial charge in [-0.3, -0.25) is 10.2 Å². The van der Waals surface area contributed by atoms with Crippen LogP contribution in [0.3, 0.4) is 0 Å². The van der Waals surface area contributed by atoms with Gasteiger partial charge >= 0.3 is 11.9 Å². The van der Waals surface area contributed by atoms with Gasteiger partial charge in [-0.2, -0.15) is 0 Å². The van der Waals surface area contributed by atoms with Crippen LogP contribution in [0.25, 0.3) is 0 Å². The summed E-state index contributed by atoms with van der Waals surface area (Å²) < 4.78 is 28.8. The maximum absolute atomic E-state index is 13.8. The Morgan fingerprint density at radius 2 is 1.64 bits per heavy atom. The second kappa shape index (κ2) is 17.3. The fraction of sp³-hybridized carbons (Fsp3) is 0.385. The van der Waals surface area contributed by atoms with Crippen molar-refractivity contribution in [3.8, 4) is 17.2 Å². The minimum Gasteiger partial charge on any atom is -0.496 e. The molecule has 9 nitrogen and oxygen atoms in total. The van der Waals surface area contributed by atoms with Crippen molar-refractivity contribution < 1.29 is 33.3 Å². The van der Waals surface area contributed by atoms with E-state index >= 15 is 0 Å². The van der Waals surface area contributed by atoms with Crippen LogP contribution in [0.1, 0.15) is 65.4 Å². The van der Waals surface area contributed by atoms with E-state index < -0.39 is 18.1 Å². The summed E-state index contributed by atoms with van der Waals surface area (Å²) in [6.45, 7) is 8.67. The number of carbonyl (C=O) groups is 2. The molecule has 3 fully saturated rings. The molecular formula is C39H44Cl2N2O7. The Kier molecular flexibility index (Phi) is 12.9. The molecule has 3 saturated heterocycles. The van der Waals surface area contributed by atoms with Crippen molar-refractivity contribution in [3.05, 3.63) is 111 Å². The van der Waals surface area contributed by atoms with Crippen LogP contribution >= 0.6 is 23.2 Å². The number of methoxy groups -OCH3 is 3. The number of para-hydroxylation sites is 1. The number of benzene rings is 3. The molecule has 3 atom stereocenters. The van der Waals surface area contributed by atoms with E-state index in [1.165, 1.54) is 7.11 Å². The zero-order valence-electron chi connectivity index (χ0n) is 28.9. The topological polar surface area (TPSA) is 95.6 Å². The Morgan fingerprint density at radius 3 is 2.28 bits per heavy atom. The van der Waals surface area contributed by atoms with Crippen LogP contribution in [-0.4, -0.2) is 63.9 Å². The molecule has 3 aliphatic heterocycles. The Bertz CT molecular complexity index is 1720. The van der Waals surface area contributed by atoms with Gasteiger partial charge in [0.25, 0.3) is 0 Å². The molecule has 2 bridgehead atoms. The molecule has 0 saturated carbocycles. The van der Waals surface area contributed by atoms with E-state index in [-0.39, 0.29) is 30.1 Å². The van der Waals surface area contributed by atoms with Gasteiger partial charge in [0, 0.05) is 35.1 Å². The Morgan fingerprint density at radius 1 is 0.920 bits per heavy atom. The van der Waals surface area contributed by atoms with Gasteiger partial charge in [0.1, 0.15) is 24.0 Å². The smallest absolute Gasteiger partial charge is 0.338 e. The molecule has 1 N–H and O–H groups in total. The summed E-state index contributed by atoms with van der Waals surface area (Å²) in [7, 11) is 4.66. The monoisotopic (exact) mass is 722 g/mol. The summed E-state index contributed by atoms with van der Waals surface area (Å²) in [6.07, 6.45) is 1.32. The average molecular weight is 724 g/mol. The number of nitrogens with zero attached hydrogens (tertiary/aromatic N) is 1. The lowest BCUT2D eigenvalue weighted by molar-refractivity contribution is -0.161. The summed E-state index contributed by atoms with van der Waals surface area (Å²) in [5.41, 5.74) is 2.99. The lowest BCUT2D eigenvalue weighted by Gasteiger charge is -2.44. The molecule has 266 valence electrons. The van der Waals surface area contributed by atoms with Gasteiger partial charge in [0.05, 0.1) is 26.9 Å². The molecule has 0 aliphatic carbocycles. The quantitative estimate of drug-likeness (QED) is 0.125. The molecule has 3 aliphatic rings. The third kappa shape index (κ3) is 9.01. The fourth-order valence-corrected chi connectivity index (χ4v) is 7.07. The first-order valence-corrected chi connectivity index (χ1v) is 17.4. The number of ether oxygens (including phenoxy) is 5. The molecule has 6 rings (SSSR count). The molecule has 1 unspecified atom stereocenters. The summed E-state index contributed by atoms with van der Waals surface area (Å²) in [6, 6.07) is 19.0. The van der Waals surface area contributed by atoms with Gasteiger partial charge in [0.15, 0.2) is 11.5 Å². The Balaban J connectivity index is 1.36. The molecule has 3 heterocycles. The first kappa shape index (κ1) is 37.2. The number of halogens is 2. The molecule has 3 aromatic rings. The van der Waals surface area contributed by atoms with E-state index in [0.717, 1.165) is 38.0 Å². The van der Waals surface area contributed by atoms with Crippen LogP contribution in [-0.2, 0) is 20.8 Å². The van der Waals surface area contributed by atoms with Crippen LogP contribution in [0.15, 0.2) is 88.9 Å². The van der Waals surface area contributed by atoms with Gasteiger partial charge in [-0.05, 0) is 85.8 Å². The minimum absolute atomic E-state index is 0.144. The largest absolute Gasteiger partial charge is 0.496 e. The van der Waals surface area contributed by atoms with Crippen molar-refractivity contribution in [2.75, 3.05) is 41.0 Å². The number of rotatable bonds is 15. The number of hydrogen-bond donors (Lipinski definition) is 1. The summed E-state index contributed by atoms with van der Waals surface area (Å²) in [4.78, 5) is 29.9. The lowest BCUT2D eigenvalue weighted by Crippen LogP contribution is -2.52. The molecule has 0 amide bonds. The first-order chi connectivity index (χ1) is 24.1. The van der Waals surface area contributed by atoms with Crippen LogP contribution in [0.4, 0.5) is 0 Å². The third-order valence-electron chi connectivity index (χ3n) is 9.38. The predicted octanol–water partition coefficient (Wildman–Crippen LogP) is 7.73. The highest BCUT2D eigenvalue weighted by molar-refractivity contribution is 6.35. The van der Waals surface area contributed by atoms with Crippen LogP contribution in [0.2, 0.25) is 0 Å². The van der Waals surface area contributed by atoms with E-state index in [0.29, 0.717) is 50.5 Å². The number of fused-ring (bicyclic) bond motifs is 3. The number of hydrogen-bond acceptors (Lipinski definition) is 9. The zero-order chi connectivity index (χ0) is 35.8. The van der Waals surface area contributed by atoms with Gasteiger partial charge in [0.2, 0.25) is 0 Å². The number of carbonyl (C=O) groups excluding carboxylic acids is 2. The van der Waals surface area contributed by atoms with Crippen molar-refractivity contribution >= 4 is 35.1 Å². The van der Waals surface area contributed by atoms with Crippen molar-refractivity contribution in [2.24, 2.45) is 5.92 Å². The first-order valence-electron chi connectivity index (χ1n) is 16.6. The van der Waals surface area contributed by atoms with Gasteiger partial charge in [-0.1, -0.05) is 66.2 Å². The second-order valence-electron chi connectivity index (χ2n) is 12.5. The van der Waals surface area contributed by atoms with E-state index in [1.807, 2.05) is 30.3 Å². The second-order valence-corrected chi connectivity index (χ2v) is 13.5. The summed E-state index contributed by atoms with van der Waals surface area (Å²) in [5, 5.41) is 4.07. The average Bonchev–Trinajstić information content (AvgIpc) is 3.13. The predicted molar refractivity (Wildman–Crippen MR) is 194 cm³/mol. The Hall–Kier alpha value is -4.02. The maximum atomic E-state index is 13.8. The Labute approximate surface area is 304 Å². The third-order valence-corrected chi connectivity index (χ3v) is 9.84. The highest BCUT2D eigenvalue weighted by Gasteiger charge is 2.38. The van der Waals surface area contributed by atoms with Crippen molar-refractivity contribution in [2.45, 2.75) is 51.0 Å². The maximum Gasteiger partial charge on any atom is 0.338 e. The van der Waals surface area contributed by atoms with E-state index in [2.05, 4.69) is 16.8 Å². The molecular weight excluding hydrogens is 679 g/mol. The standard InChI is InChI=1S/C39H44Cl2N2O7/c1-24(40)31(25(2)41)21-34(28-13-14-33(47-4)35(20-28)48-5)49-38(44)29-10-8-9-26(19-29)22-42-37(30-11-6-7-12-32(30)46-3)39(45)50-36-23-43-17-15-27(36)16-18-43/h6-14,19-20,27,34,36-37,42H,1,15-18,21-23H2,2-5H3/b31-25+/t34-,36-,37?/m0/s1. The van der Waals surface area contributed by atoms with Crippen molar-refractivity contribution in [1.29, 1.82) is 0 Å². The normalized spacial score (nSPS) is 19.8. The summed E-state index contributed by atoms with van der Waals surface area (Å²) in [5.74, 6) is 1.05. The van der Waals surface area contributed by atoms with Crippen molar-refractivity contribution in [3.63, 3.8) is 0 Å².